The first-order valence-corrected chi connectivity index (χ1v) is 10.5. The van der Waals surface area contributed by atoms with Crippen molar-refractivity contribution >= 4 is 34.9 Å². The van der Waals surface area contributed by atoms with E-state index in [1.807, 2.05) is 6.07 Å². The fourth-order valence-electron chi connectivity index (χ4n) is 3.23. The molecule has 0 radical (unpaired) electrons. The zero-order chi connectivity index (χ0) is 20.9. The highest BCUT2D eigenvalue weighted by atomic mass is 35.5. The lowest BCUT2D eigenvalue weighted by Gasteiger charge is -2.12. The number of carbonyl (C=O) groups is 1. The average Bonchev–Trinajstić information content (AvgIpc) is 3.41. The molecule has 1 saturated heterocycles. The van der Waals surface area contributed by atoms with E-state index in [9.17, 15) is 4.79 Å². The smallest absolute Gasteiger partial charge is 0.256 e. The first-order valence-electron chi connectivity index (χ1n) is 9.70. The molecule has 8 heteroatoms. The van der Waals surface area contributed by atoms with Crippen LogP contribution in [0.15, 0.2) is 54.7 Å². The van der Waals surface area contributed by atoms with Gasteiger partial charge in [0.05, 0.1) is 18.8 Å². The topological polar surface area (TPSA) is 65.4 Å². The van der Waals surface area contributed by atoms with Crippen LogP contribution in [-0.4, -0.2) is 35.0 Å². The van der Waals surface area contributed by atoms with Gasteiger partial charge in [-0.2, -0.15) is 5.10 Å². The van der Waals surface area contributed by atoms with E-state index in [2.05, 4.69) is 10.4 Å². The van der Waals surface area contributed by atoms with Gasteiger partial charge in [-0.25, -0.2) is 4.68 Å². The van der Waals surface area contributed by atoms with Crippen molar-refractivity contribution in [3.8, 4) is 5.75 Å². The summed E-state index contributed by atoms with van der Waals surface area (Å²) in [6, 6.07) is 14.1. The zero-order valence-corrected chi connectivity index (χ0v) is 17.7. The number of aromatic nitrogens is 2. The van der Waals surface area contributed by atoms with Crippen molar-refractivity contribution < 1.29 is 14.3 Å². The summed E-state index contributed by atoms with van der Waals surface area (Å²) >= 11 is 12.2. The van der Waals surface area contributed by atoms with E-state index < -0.39 is 0 Å². The summed E-state index contributed by atoms with van der Waals surface area (Å²) in [5, 5.41) is 8.28. The lowest BCUT2D eigenvalue weighted by molar-refractivity contribution is 0.0679. The van der Waals surface area contributed by atoms with E-state index in [0.717, 1.165) is 25.0 Å². The molecule has 6 nitrogen and oxygen atoms in total. The highest BCUT2D eigenvalue weighted by Crippen LogP contribution is 2.23. The minimum atomic E-state index is -0.232. The minimum Gasteiger partial charge on any atom is -0.491 e. The molecule has 0 saturated carbocycles. The number of anilines is 1. The normalized spacial score (nSPS) is 15.9. The van der Waals surface area contributed by atoms with E-state index in [4.69, 9.17) is 32.7 Å². The summed E-state index contributed by atoms with van der Waals surface area (Å²) < 4.78 is 13.0. The Morgan fingerprint density at radius 1 is 1.20 bits per heavy atom. The van der Waals surface area contributed by atoms with Crippen LogP contribution in [-0.2, 0) is 11.3 Å². The maximum absolute atomic E-state index is 12.7. The van der Waals surface area contributed by atoms with Crippen molar-refractivity contribution in [1.29, 1.82) is 0 Å². The predicted octanol–water partition coefficient (Wildman–Crippen LogP) is 5.05. The van der Waals surface area contributed by atoms with Crippen molar-refractivity contribution in [2.24, 2.45) is 0 Å². The summed E-state index contributed by atoms with van der Waals surface area (Å²) in [7, 11) is 0. The molecule has 156 valence electrons. The third kappa shape index (κ3) is 5.14. The van der Waals surface area contributed by atoms with Crippen LogP contribution in [0.2, 0.25) is 10.0 Å². The van der Waals surface area contributed by atoms with Crippen LogP contribution in [0.1, 0.15) is 28.8 Å². The number of carbonyl (C=O) groups excluding carboxylic acids is 1. The SMILES string of the molecule is O=C(Nc1ccnn1Cc1ccc(Cl)cc1Cl)c1ccc(OC[C@@H]2CCCO2)cc1. The van der Waals surface area contributed by atoms with Gasteiger partial charge in [-0.15, -0.1) is 0 Å². The number of hydrogen-bond acceptors (Lipinski definition) is 4. The maximum atomic E-state index is 12.7. The second-order valence-corrected chi connectivity index (χ2v) is 7.88. The fourth-order valence-corrected chi connectivity index (χ4v) is 3.70. The second kappa shape index (κ2) is 9.51. The first-order chi connectivity index (χ1) is 14.6. The van der Waals surface area contributed by atoms with Gasteiger partial charge >= 0.3 is 0 Å². The largest absolute Gasteiger partial charge is 0.491 e. The van der Waals surface area contributed by atoms with Gasteiger partial charge in [0.2, 0.25) is 0 Å². The van der Waals surface area contributed by atoms with Gasteiger partial charge in [-0.05, 0) is 54.8 Å². The first kappa shape index (κ1) is 20.7. The molecule has 1 aromatic heterocycles. The van der Waals surface area contributed by atoms with Crippen LogP contribution >= 0.6 is 23.2 Å². The Kier molecular flexibility index (Phi) is 6.57. The molecular formula is C22H21Cl2N3O3. The third-order valence-corrected chi connectivity index (χ3v) is 5.46. The second-order valence-electron chi connectivity index (χ2n) is 7.03. The Labute approximate surface area is 184 Å². The summed E-state index contributed by atoms with van der Waals surface area (Å²) in [5.74, 6) is 1.05. The molecule has 0 unspecified atom stereocenters. The lowest BCUT2D eigenvalue weighted by atomic mass is 10.2. The molecular weight excluding hydrogens is 425 g/mol. The quantitative estimate of drug-likeness (QED) is 0.552. The third-order valence-electron chi connectivity index (χ3n) is 4.87. The van der Waals surface area contributed by atoms with Crippen molar-refractivity contribution in [3.63, 3.8) is 0 Å². The Bertz CT molecular complexity index is 1010. The van der Waals surface area contributed by atoms with Crippen LogP contribution in [0.5, 0.6) is 5.75 Å². The van der Waals surface area contributed by atoms with E-state index in [-0.39, 0.29) is 12.0 Å². The summed E-state index contributed by atoms with van der Waals surface area (Å²) in [5.41, 5.74) is 1.38. The molecule has 1 fully saturated rings. The molecule has 2 aromatic carbocycles. The summed E-state index contributed by atoms with van der Waals surface area (Å²) in [4.78, 5) is 12.7. The zero-order valence-electron chi connectivity index (χ0n) is 16.2. The number of halogens is 2. The molecule has 0 bridgehead atoms. The van der Waals surface area contributed by atoms with Crippen molar-refractivity contribution in [2.75, 3.05) is 18.5 Å². The van der Waals surface area contributed by atoms with Gasteiger partial charge in [0, 0.05) is 28.3 Å². The van der Waals surface area contributed by atoms with Crippen LogP contribution in [0.3, 0.4) is 0 Å². The van der Waals surface area contributed by atoms with E-state index in [1.165, 1.54) is 0 Å². The Balaban J connectivity index is 1.37. The van der Waals surface area contributed by atoms with Gasteiger partial charge in [-0.1, -0.05) is 29.3 Å². The van der Waals surface area contributed by atoms with Gasteiger partial charge in [0.15, 0.2) is 0 Å². The Morgan fingerprint density at radius 3 is 2.77 bits per heavy atom. The number of benzene rings is 2. The van der Waals surface area contributed by atoms with Crippen molar-refractivity contribution in [1.82, 2.24) is 9.78 Å². The molecule has 0 aliphatic carbocycles. The molecule has 1 N–H and O–H groups in total. The molecule has 2 heterocycles. The molecule has 1 aliphatic heterocycles. The molecule has 1 aliphatic rings. The molecule has 1 amide bonds. The lowest BCUT2D eigenvalue weighted by Crippen LogP contribution is -2.17. The van der Waals surface area contributed by atoms with Crippen LogP contribution in [0.4, 0.5) is 5.82 Å². The van der Waals surface area contributed by atoms with E-state index in [0.29, 0.717) is 40.3 Å². The predicted molar refractivity (Wildman–Crippen MR) is 117 cm³/mol. The van der Waals surface area contributed by atoms with E-state index >= 15 is 0 Å². The molecule has 3 aromatic rings. The monoisotopic (exact) mass is 445 g/mol. The molecule has 30 heavy (non-hydrogen) atoms. The van der Waals surface area contributed by atoms with Gasteiger partial charge in [0.25, 0.3) is 5.91 Å². The average molecular weight is 446 g/mol. The van der Waals surface area contributed by atoms with Crippen molar-refractivity contribution in [2.45, 2.75) is 25.5 Å². The highest BCUT2D eigenvalue weighted by molar-refractivity contribution is 6.35. The summed E-state index contributed by atoms with van der Waals surface area (Å²) in [6.07, 6.45) is 3.88. The Hall–Kier alpha value is -2.54. The highest BCUT2D eigenvalue weighted by Gasteiger charge is 2.16. The van der Waals surface area contributed by atoms with E-state index in [1.54, 1.807) is 53.3 Å². The van der Waals surface area contributed by atoms with Crippen molar-refractivity contribution in [3.05, 3.63) is 75.9 Å². The Morgan fingerprint density at radius 2 is 2.03 bits per heavy atom. The molecule has 4 rings (SSSR count). The molecule has 0 spiro atoms. The van der Waals surface area contributed by atoms with Crippen LogP contribution in [0, 0.1) is 0 Å². The standard InChI is InChI=1S/C22H21Cl2N3O3/c23-17-6-3-16(20(24)12-17)13-27-21(9-10-25-27)26-22(28)15-4-7-18(8-5-15)30-14-19-2-1-11-29-19/h3-10,12,19H,1-2,11,13-14H2,(H,26,28)/t19-/m0/s1. The number of amides is 1. The number of nitrogens with zero attached hydrogens (tertiary/aromatic N) is 2. The summed E-state index contributed by atoms with van der Waals surface area (Å²) in [6.45, 7) is 1.74. The number of rotatable bonds is 7. The van der Waals surface area contributed by atoms with Gasteiger partial charge in [-0.3, -0.25) is 4.79 Å². The van der Waals surface area contributed by atoms with Crippen LogP contribution < -0.4 is 10.1 Å². The van der Waals surface area contributed by atoms with Crippen LogP contribution in [0.25, 0.3) is 0 Å². The number of hydrogen-bond donors (Lipinski definition) is 1. The number of ether oxygens (including phenoxy) is 2. The maximum Gasteiger partial charge on any atom is 0.256 e. The minimum absolute atomic E-state index is 0.155. The van der Waals surface area contributed by atoms with Gasteiger partial charge in [0.1, 0.15) is 18.2 Å². The molecule has 1 atom stereocenters. The van der Waals surface area contributed by atoms with Gasteiger partial charge < -0.3 is 14.8 Å². The fraction of sp³-hybridized carbons (Fsp3) is 0.273. The number of nitrogens with one attached hydrogen (secondary N) is 1.